The van der Waals surface area contributed by atoms with Gasteiger partial charge in [0.05, 0.1) is 11.5 Å². The van der Waals surface area contributed by atoms with Crippen molar-refractivity contribution < 1.29 is 14.3 Å². The van der Waals surface area contributed by atoms with Gasteiger partial charge in [-0.2, -0.15) is 0 Å². The molecule has 4 nitrogen and oxygen atoms in total. The van der Waals surface area contributed by atoms with Crippen LogP contribution in [0.3, 0.4) is 0 Å². The van der Waals surface area contributed by atoms with Crippen molar-refractivity contribution in [1.29, 1.82) is 0 Å². The Morgan fingerprint density at radius 3 is 3.00 bits per heavy atom. The zero-order chi connectivity index (χ0) is 12.7. The molecule has 1 aromatic heterocycles. The quantitative estimate of drug-likeness (QED) is 0.479. The first-order valence-electron chi connectivity index (χ1n) is 5.27. The third-order valence-electron chi connectivity index (χ3n) is 2.01. The third kappa shape index (κ3) is 4.40. The molecule has 1 unspecified atom stereocenters. The minimum absolute atomic E-state index is 0.256. The second-order valence-corrected chi connectivity index (χ2v) is 4.36. The van der Waals surface area contributed by atoms with E-state index in [4.69, 9.17) is 4.74 Å². The lowest BCUT2D eigenvalue weighted by Gasteiger charge is -2.12. The maximum atomic E-state index is 11.6. The summed E-state index contributed by atoms with van der Waals surface area (Å²) in [4.78, 5) is 23.7. The van der Waals surface area contributed by atoms with Crippen molar-refractivity contribution in [3.05, 3.63) is 35.0 Å². The molecule has 17 heavy (non-hydrogen) atoms. The zero-order valence-electron chi connectivity index (χ0n) is 9.64. The summed E-state index contributed by atoms with van der Waals surface area (Å²) in [6.07, 6.45) is 2.28. The number of amides is 1. The summed E-state index contributed by atoms with van der Waals surface area (Å²) in [7, 11) is 0. The molecule has 0 spiro atoms. The minimum atomic E-state index is -0.644. The van der Waals surface area contributed by atoms with Crippen LogP contribution in [0.2, 0.25) is 0 Å². The molecule has 0 fully saturated rings. The Morgan fingerprint density at radius 1 is 1.65 bits per heavy atom. The van der Waals surface area contributed by atoms with Crippen LogP contribution >= 0.6 is 11.3 Å². The summed E-state index contributed by atoms with van der Waals surface area (Å²) in [5, 5.41) is 4.39. The van der Waals surface area contributed by atoms with E-state index in [1.165, 1.54) is 11.3 Å². The number of nitrogens with one attached hydrogen (secondary N) is 1. The number of carbonyl (C=O) groups excluding carboxylic acids is 2. The molecule has 0 radical (unpaired) electrons. The summed E-state index contributed by atoms with van der Waals surface area (Å²) in [5.41, 5.74) is 0. The average Bonchev–Trinajstić information content (AvgIpc) is 2.82. The number of esters is 1. The van der Waals surface area contributed by atoms with Gasteiger partial charge in [-0.1, -0.05) is 12.1 Å². The van der Waals surface area contributed by atoms with E-state index in [0.29, 0.717) is 17.9 Å². The molecule has 1 atom stereocenters. The normalized spacial score (nSPS) is 11.6. The van der Waals surface area contributed by atoms with Crippen LogP contribution in [-0.2, 0) is 9.53 Å². The van der Waals surface area contributed by atoms with Gasteiger partial charge in [0.25, 0.3) is 5.91 Å². The molecular weight excluding hydrogens is 238 g/mol. The fourth-order valence-electron chi connectivity index (χ4n) is 1.10. The van der Waals surface area contributed by atoms with E-state index in [1.54, 1.807) is 25.1 Å². The van der Waals surface area contributed by atoms with Gasteiger partial charge in [-0.05, 0) is 24.8 Å². The molecule has 0 bridgehead atoms. The standard InChI is InChI=1S/C12H15NO3S/c1-3-4-7-16-12(15)9(2)13-11(14)10-6-5-8-17-10/h3,5-6,8-9H,1,4,7H2,2H3,(H,13,14). The summed E-state index contributed by atoms with van der Waals surface area (Å²) >= 11 is 1.33. The first kappa shape index (κ1) is 13.4. The Balaban J connectivity index is 2.38. The summed E-state index contributed by atoms with van der Waals surface area (Å²) in [6, 6.07) is 2.84. The molecule has 5 heteroatoms. The van der Waals surface area contributed by atoms with Gasteiger partial charge in [0, 0.05) is 0 Å². The zero-order valence-corrected chi connectivity index (χ0v) is 10.5. The van der Waals surface area contributed by atoms with Gasteiger partial charge >= 0.3 is 5.97 Å². The van der Waals surface area contributed by atoms with Crippen LogP contribution in [0.5, 0.6) is 0 Å². The molecule has 0 aliphatic rings. The molecule has 0 aliphatic heterocycles. The molecule has 1 amide bonds. The molecular formula is C12H15NO3S. The number of thiophene rings is 1. The molecule has 1 rings (SSSR count). The van der Waals surface area contributed by atoms with Crippen molar-refractivity contribution in [3.63, 3.8) is 0 Å². The molecule has 0 aliphatic carbocycles. The minimum Gasteiger partial charge on any atom is -0.464 e. The Labute approximate surface area is 104 Å². The second-order valence-electron chi connectivity index (χ2n) is 3.42. The van der Waals surface area contributed by atoms with Gasteiger partial charge < -0.3 is 10.1 Å². The summed E-state index contributed by atoms with van der Waals surface area (Å²) in [6.45, 7) is 5.42. The lowest BCUT2D eigenvalue weighted by Crippen LogP contribution is -2.39. The van der Waals surface area contributed by atoms with E-state index < -0.39 is 12.0 Å². The van der Waals surface area contributed by atoms with Crippen LogP contribution < -0.4 is 5.32 Å². The van der Waals surface area contributed by atoms with E-state index in [2.05, 4.69) is 11.9 Å². The Bertz CT molecular complexity index is 386. The molecule has 1 heterocycles. The highest BCUT2D eigenvalue weighted by atomic mass is 32.1. The number of rotatable bonds is 6. The highest BCUT2D eigenvalue weighted by Gasteiger charge is 2.17. The lowest BCUT2D eigenvalue weighted by atomic mass is 10.3. The molecule has 92 valence electrons. The van der Waals surface area contributed by atoms with Crippen molar-refractivity contribution in [1.82, 2.24) is 5.32 Å². The molecule has 0 saturated heterocycles. The van der Waals surface area contributed by atoms with Gasteiger partial charge in [-0.3, -0.25) is 4.79 Å². The van der Waals surface area contributed by atoms with E-state index in [1.807, 2.05) is 5.38 Å². The van der Waals surface area contributed by atoms with E-state index in [9.17, 15) is 9.59 Å². The number of carbonyl (C=O) groups is 2. The topological polar surface area (TPSA) is 55.4 Å². The SMILES string of the molecule is C=CCCOC(=O)C(C)NC(=O)c1cccs1. The van der Waals surface area contributed by atoms with Crippen molar-refractivity contribution in [2.45, 2.75) is 19.4 Å². The van der Waals surface area contributed by atoms with Crippen LogP contribution in [0.4, 0.5) is 0 Å². The predicted octanol–water partition coefficient (Wildman–Crippen LogP) is 1.99. The van der Waals surface area contributed by atoms with Crippen LogP contribution in [0.1, 0.15) is 23.0 Å². The smallest absolute Gasteiger partial charge is 0.328 e. The summed E-state index contributed by atoms with van der Waals surface area (Å²) in [5.74, 6) is -0.690. The number of hydrogen-bond donors (Lipinski definition) is 1. The Hall–Kier alpha value is -1.62. The first-order valence-corrected chi connectivity index (χ1v) is 6.15. The van der Waals surface area contributed by atoms with Crippen LogP contribution in [0.15, 0.2) is 30.2 Å². The largest absolute Gasteiger partial charge is 0.464 e. The summed E-state index contributed by atoms with van der Waals surface area (Å²) < 4.78 is 4.94. The fourth-order valence-corrected chi connectivity index (χ4v) is 1.73. The highest BCUT2D eigenvalue weighted by Crippen LogP contribution is 2.08. The van der Waals surface area contributed by atoms with Crippen LogP contribution in [0.25, 0.3) is 0 Å². The maximum Gasteiger partial charge on any atom is 0.328 e. The van der Waals surface area contributed by atoms with Gasteiger partial charge in [0.1, 0.15) is 6.04 Å². The van der Waals surface area contributed by atoms with Crippen LogP contribution in [-0.4, -0.2) is 24.5 Å². The monoisotopic (exact) mass is 253 g/mol. The Morgan fingerprint density at radius 2 is 2.41 bits per heavy atom. The molecule has 1 N–H and O–H groups in total. The second kappa shape index (κ2) is 6.85. The maximum absolute atomic E-state index is 11.6. The van der Waals surface area contributed by atoms with Gasteiger partial charge in [0.2, 0.25) is 0 Å². The van der Waals surface area contributed by atoms with Gasteiger partial charge in [-0.25, -0.2) is 4.79 Å². The first-order chi connectivity index (χ1) is 8.15. The molecule has 0 aromatic carbocycles. The Kier molecular flexibility index (Phi) is 5.42. The van der Waals surface area contributed by atoms with E-state index in [0.717, 1.165) is 0 Å². The number of hydrogen-bond acceptors (Lipinski definition) is 4. The van der Waals surface area contributed by atoms with Gasteiger partial charge in [-0.15, -0.1) is 17.9 Å². The van der Waals surface area contributed by atoms with Crippen molar-refractivity contribution in [2.24, 2.45) is 0 Å². The van der Waals surface area contributed by atoms with Crippen molar-refractivity contribution in [3.8, 4) is 0 Å². The van der Waals surface area contributed by atoms with Crippen LogP contribution in [0, 0.1) is 0 Å². The fraction of sp³-hybridized carbons (Fsp3) is 0.333. The average molecular weight is 253 g/mol. The van der Waals surface area contributed by atoms with Gasteiger partial charge in [0.15, 0.2) is 0 Å². The predicted molar refractivity (Wildman–Crippen MR) is 67.0 cm³/mol. The number of ether oxygens (including phenoxy) is 1. The van der Waals surface area contributed by atoms with Crippen molar-refractivity contribution >= 4 is 23.2 Å². The van der Waals surface area contributed by atoms with E-state index in [-0.39, 0.29) is 5.91 Å². The van der Waals surface area contributed by atoms with E-state index >= 15 is 0 Å². The third-order valence-corrected chi connectivity index (χ3v) is 2.88. The molecule has 1 aromatic rings. The van der Waals surface area contributed by atoms with Crippen molar-refractivity contribution in [2.75, 3.05) is 6.61 Å². The highest BCUT2D eigenvalue weighted by molar-refractivity contribution is 7.12. The lowest BCUT2D eigenvalue weighted by molar-refractivity contribution is -0.145. The molecule has 0 saturated carbocycles.